The largest absolute Gasteiger partial charge is 0.373 e. The van der Waals surface area contributed by atoms with E-state index in [1.54, 1.807) is 0 Å². The zero-order chi connectivity index (χ0) is 14.2. The highest BCUT2D eigenvalue weighted by atomic mass is 19.1. The Balaban J connectivity index is 1.51. The number of ether oxygens (including phenoxy) is 2. The summed E-state index contributed by atoms with van der Waals surface area (Å²) < 4.78 is 25.0. The van der Waals surface area contributed by atoms with Crippen LogP contribution in [0.3, 0.4) is 0 Å². The number of halogens is 1. The summed E-state index contributed by atoms with van der Waals surface area (Å²) in [6, 6.07) is 0.244. The second-order valence-corrected chi connectivity index (χ2v) is 6.21. The summed E-state index contributed by atoms with van der Waals surface area (Å²) >= 11 is 0. The molecule has 6 heteroatoms. The molecule has 5 nitrogen and oxygen atoms in total. The molecule has 1 saturated carbocycles. The number of hydrogen-bond acceptors (Lipinski definition) is 5. The lowest BCUT2D eigenvalue weighted by molar-refractivity contribution is -0.0753. The molecular formula is C15H20FN3O2. The van der Waals surface area contributed by atoms with Gasteiger partial charge in [-0.05, 0) is 31.6 Å². The van der Waals surface area contributed by atoms with Gasteiger partial charge in [-0.15, -0.1) is 0 Å². The molecule has 1 aliphatic carbocycles. The van der Waals surface area contributed by atoms with E-state index in [1.165, 1.54) is 25.2 Å². The van der Waals surface area contributed by atoms with Crippen LogP contribution in [0.15, 0.2) is 12.4 Å². The quantitative estimate of drug-likeness (QED) is 0.847. The topological polar surface area (TPSA) is 47.5 Å². The van der Waals surface area contributed by atoms with E-state index in [2.05, 4.69) is 14.9 Å². The van der Waals surface area contributed by atoms with Crippen molar-refractivity contribution >= 4 is 5.95 Å². The number of rotatable bonds is 4. The van der Waals surface area contributed by atoms with Crippen LogP contribution in [0.1, 0.15) is 25.7 Å². The number of fused-ring (bicyclic) bond motifs is 1. The zero-order valence-electron chi connectivity index (χ0n) is 11.9. The maximum absolute atomic E-state index is 13.0. The van der Waals surface area contributed by atoms with Crippen LogP contribution in [0.2, 0.25) is 0 Å². The Labute approximate surface area is 123 Å². The van der Waals surface area contributed by atoms with Crippen LogP contribution >= 0.6 is 0 Å². The first kappa shape index (κ1) is 13.4. The number of anilines is 1. The first-order chi connectivity index (χ1) is 10.3. The Hall–Kier alpha value is -1.27. The molecular weight excluding hydrogens is 273 g/mol. The van der Waals surface area contributed by atoms with Crippen LogP contribution in [-0.2, 0) is 9.47 Å². The van der Waals surface area contributed by atoms with Gasteiger partial charge in [0.1, 0.15) is 12.2 Å². The molecule has 1 aromatic rings. The van der Waals surface area contributed by atoms with Crippen molar-refractivity contribution < 1.29 is 13.9 Å². The molecule has 0 unspecified atom stereocenters. The normalized spacial score (nSPS) is 32.2. The summed E-state index contributed by atoms with van der Waals surface area (Å²) in [6.45, 7) is 2.35. The third kappa shape index (κ3) is 2.74. The summed E-state index contributed by atoms with van der Waals surface area (Å²) in [7, 11) is 0. The molecule has 0 radical (unpaired) electrons. The van der Waals surface area contributed by atoms with E-state index in [0.717, 1.165) is 38.5 Å². The second-order valence-electron chi connectivity index (χ2n) is 6.21. The van der Waals surface area contributed by atoms with Gasteiger partial charge in [0.15, 0.2) is 5.82 Å². The van der Waals surface area contributed by atoms with Crippen molar-refractivity contribution in [1.29, 1.82) is 0 Å². The average molecular weight is 293 g/mol. The first-order valence-corrected chi connectivity index (χ1v) is 7.78. The summed E-state index contributed by atoms with van der Waals surface area (Å²) in [4.78, 5) is 10.4. The third-order valence-electron chi connectivity index (χ3n) is 4.58. The van der Waals surface area contributed by atoms with Gasteiger partial charge in [-0.25, -0.2) is 14.4 Å². The van der Waals surface area contributed by atoms with Gasteiger partial charge in [-0.1, -0.05) is 0 Å². The number of aromatic nitrogens is 2. The van der Waals surface area contributed by atoms with Crippen molar-refractivity contribution in [2.75, 3.05) is 24.7 Å². The van der Waals surface area contributed by atoms with E-state index in [1.807, 2.05) is 0 Å². The van der Waals surface area contributed by atoms with Gasteiger partial charge in [0, 0.05) is 13.2 Å². The highest BCUT2D eigenvalue weighted by Crippen LogP contribution is 2.35. The number of hydrogen-bond donors (Lipinski definition) is 0. The van der Waals surface area contributed by atoms with Crippen molar-refractivity contribution in [3.63, 3.8) is 0 Å². The molecule has 1 aromatic heterocycles. The molecule has 0 amide bonds. The molecule has 0 aromatic carbocycles. The van der Waals surface area contributed by atoms with Gasteiger partial charge in [-0.3, -0.25) is 0 Å². The van der Waals surface area contributed by atoms with Crippen LogP contribution in [-0.4, -0.2) is 48.0 Å². The Morgan fingerprint density at radius 3 is 2.86 bits per heavy atom. The molecule has 4 rings (SSSR count). The molecule has 21 heavy (non-hydrogen) atoms. The predicted octanol–water partition coefficient (Wildman–Crippen LogP) is 1.78. The van der Waals surface area contributed by atoms with E-state index in [0.29, 0.717) is 5.95 Å². The molecule has 3 fully saturated rings. The lowest BCUT2D eigenvalue weighted by atomic mass is 10.0. The van der Waals surface area contributed by atoms with Gasteiger partial charge in [0.25, 0.3) is 0 Å². The van der Waals surface area contributed by atoms with E-state index in [9.17, 15) is 4.39 Å². The van der Waals surface area contributed by atoms with Gasteiger partial charge in [0.2, 0.25) is 5.95 Å². The molecule has 3 aliphatic rings. The van der Waals surface area contributed by atoms with Crippen molar-refractivity contribution in [3.05, 3.63) is 18.2 Å². The molecule has 0 N–H and O–H groups in total. The van der Waals surface area contributed by atoms with Crippen LogP contribution in [0.4, 0.5) is 10.3 Å². The summed E-state index contributed by atoms with van der Waals surface area (Å²) in [5, 5.41) is 0. The molecule has 0 spiro atoms. The first-order valence-electron chi connectivity index (χ1n) is 7.78. The molecule has 2 saturated heterocycles. The zero-order valence-corrected chi connectivity index (χ0v) is 11.9. The molecule has 0 bridgehead atoms. The molecule has 114 valence electrons. The van der Waals surface area contributed by atoms with E-state index >= 15 is 0 Å². The van der Waals surface area contributed by atoms with E-state index < -0.39 is 5.82 Å². The SMILES string of the molecule is Fc1cnc(N2C[C@@H](OCC3CC3)[C@@H]3OCCC[C@@H]32)nc1. The average Bonchev–Trinajstić information content (AvgIpc) is 3.27. The van der Waals surface area contributed by atoms with Crippen molar-refractivity contribution in [2.24, 2.45) is 5.92 Å². The summed E-state index contributed by atoms with van der Waals surface area (Å²) in [5.41, 5.74) is 0. The maximum Gasteiger partial charge on any atom is 0.225 e. The van der Waals surface area contributed by atoms with E-state index in [4.69, 9.17) is 9.47 Å². The second kappa shape index (κ2) is 5.50. The molecule has 2 aliphatic heterocycles. The van der Waals surface area contributed by atoms with Crippen LogP contribution in [0, 0.1) is 11.7 Å². The molecule has 3 heterocycles. The maximum atomic E-state index is 13.0. The molecule has 3 atom stereocenters. The predicted molar refractivity (Wildman–Crippen MR) is 74.6 cm³/mol. The standard InChI is InChI=1S/C15H20FN3O2/c16-11-6-17-15(18-7-11)19-8-13(21-9-10-3-4-10)14-12(19)2-1-5-20-14/h6-7,10,12-14H,1-5,8-9H2/t12-,13+,14+/m0/s1. The number of nitrogens with zero attached hydrogens (tertiary/aromatic N) is 3. The van der Waals surface area contributed by atoms with Gasteiger partial charge < -0.3 is 14.4 Å². The minimum atomic E-state index is -0.407. The van der Waals surface area contributed by atoms with Crippen LogP contribution < -0.4 is 4.90 Å². The van der Waals surface area contributed by atoms with E-state index in [-0.39, 0.29) is 18.2 Å². The van der Waals surface area contributed by atoms with Crippen molar-refractivity contribution in [3.8, 4) is 0 Å². The lowest BCUT2D eigenvalue weighted by Crippen LogP contribution is -2.42. The lowest BCUT2D eigenvalue weighted by Gasteiger charge is -2.32. The van der Waals surface area contributed by atoms with Gasteiger partial charge >= 0.3 is 0 Å². The Kier molecular flexibility index (Phi) is 3.51. The fourth-order valence-corrected chi connectivity index (χ4v) is 3.28. The summed E-state index contributed by atoms with van der Waals surface area (Å²) in [5.74, 6) is 0.911. The monoisotopic (exact) mass is 293 g/mol. The van der Waals surface area contributed by atoms with Crippen molar-refractivity contribution in [1.82, 2.24) is 9.97 Å². The highest BCUT2D eigenvalue weighted by molar-refractivity contribution is 5.35. The van der Waals surface area contributed by atoms with Gasteiger partial charge in [0.05, 0.1) is 25.0 Å². The minimum Gasteiger partial charge on any atom is -0.373 e. The highest BCUT2D eigenvalue weighted by Gasteiger charge is 2.46. The van der Waals surface area contributed by atoms with Gasteiger partial charge in [-0.2, -0.15) is 0 Å². The smallest absolute Gasteiger partial charge is 0.225 e. The Morgan fingerprint density at radius 1 is 1.29 bits per heavy atom. The Bertz CT molecular complexity index is 494. The van der Waals surface area contributed by atoms with Crippen LogP contribution in [0.5, 0.6) is 0 Å². The fourth-order valence-electron chi connectivity index (χ4n) is 3.28. The Morgan fingerprint density at radius 2 is 2.10 bits per heavy atom. The minimum absolute atomic E-state index is 0.0737. The summed E-state index contributed by atoms with van der Waals surface area (Å²) in [6.07, 6.45) is 7.26. The van der Waals surface area contributed by atoms with Crippen LogP contribution in [0.25, 0.3) is 0 Å². The fraction of sp³-hybridized carbons (Fsp3) is 0.733. The van der Waals surface area contributed by atoms with Crippen molar-refractivity contribution in [2.45, 2.75) is 43.9 Å². The third-order valence-corrected chi connectivity index (χ3v) is 4.58.